The molecule has 7 nitrogen and oxygen atoms in total. The molecule has 0 unspecified atom stereocenters. The summed E-state index contributed by atoms with van der Waals surface area (Å²) in [6, 6.07) is 0. The van der Waals surface area contributed by atoms with Crippen molar-refractivity contribution >= 4 is 0 Å². The maximum atomic E-state index is 11.3. The molecule has 2 N–H and O–H groups in total. The number of nitrogens with two attached hydrogens (primary N) is 1. The van der Waals surface area contributed by atoms with Gasteiger partial charge in [-0.3, -0.25) is 0 Å². The van der Waals surface area contributed by atoms with Crippen LogP contribution in [0, 0.1) is 11.5 Å². The van der Waals surface area contributed by atoms with Crippen LogP contribution in [0.25, 0.3) is 0 Å². The Kier molecular flexibility index (Phi) is 3.72. The van der Waals surface area contributed by atoms with Crippen LogP contribution in [0.15, 0.2) is 20.8 Å². The molecule has 0 aromatic carbocycles. The summed E-state index contributed by atoms with van der Waals surface area (Å²) in [5.74, 6) is 4.30. The van der Waals surface area contributed by atoms with Gasteiger partial charge in [0.1, 0.15) is 0 Å². The smallest absolute Gasteiger partial charge is 0.199 e. The SMILES string of the molecule is N#CN=NN=NN(N)F. The van der Waals surface area contributed by atoms with Crippen molar-refractivity contribution in [1.82, 2.24) is 5.34 Å². The Labute approximate surface area is 49.1 Å². The van der Waals surface area contributed by atoms with E-state index >= 15 is 0 Å². The lowest BCUT2D eigenvalue weighted by atomic mass is 11.5. The van der Waals surface area contributed by atoms with Crippen LogP contribution in [0.5, 0.6) is 0 Å². The van der Waals surface area contributed by atoms with Crippen LogP contribution in [-0.2, 0) is 0 Å². The highest BCUT2D eigenvalue weighted by Gasteiger charge is 1.79. The predicted molar refractivity (Wildman–Crippen MR) is 22.5 cm³/mol. The highest BCUT2D eigenvalue weighted by Crippen LogP contribution is 1.81. The number of hydrazine groups is 1. The van der Waals surface area contributed by atoms with Gasteiger partial charge in [-0.2, -0.15) is 11.1 Å². The normalized spacial score (nSPS) is 10.3. The fraction of sp³-hybridized carbons (Fsp3) is 0. The van der Waals surface area contributed by atoms with Crippen molar-refractivity contribution in [3.8, 4) is 6.19 Å². The molecule has 0 aromatic rings. The topological polar surface area (TPSA) is 102 Å². The lowest BCUT2D eigenvalue weighted by Crippen LogP contribution is -2.12. The number of hydrogen-bond acceptors (Lipinski definition) is 4. The molecule has 0 saturated heterocycles. The molecule has 0 bridgehead atoms. The molecule has 0 rings (SSSR count). The van der Waals surface area contributed by atoms with Gasteiger partial charge in [-0.15, -0.1) is 0 Å². The molecule has 0 amide bonds. The molecule has 0 fully saturated rings. The number of nitrogens with zero attached hydrogens (tertiary/aromatic N) is 6. The molecule has 0 heterocycles. The zero-order valence-electron chi connectivity index (χ0n) is 4.14. The van der Waals surface area contributed by atoms with E-state index in [4.69, 9.17) is 5.26 Å². The van der Waals surface area contributed by atoms with Gasteiger partial charge >= 0.3 is 0 Å². The summed E-state index contributed by atoms with van der Waals surface area (Å²) >= 11 is 0. The van der Waals surface area contributed by atoms with Crippen molar-refractivity contribution < 1.29 is 4.48 Å². The third kappa shape index (κ3) is 6.38. The van der Waals surface area contributed by atoms with Gasteiger partial charge in [0.25, 0.3) is 0 Å². The maximum Gasteiger partial charge on any atom is 0.227 e. The van der Waals surface area contributed by atoms with Crippen LogP contribution < -0.4 is 5.84 Å². The summed E-state index contributed by atoms with van der Waals surface area (Å²) in [4.78, 5) is 0. The van der Waals surface area contributed by atoms with Crippen LogP contribution in [0.1, 0.15) is 0 Å². The maximum absolute atomic E-state index is 11.3. The Bertz CT molecular complexity index is 151. The van der Waals surface area contributed by atoms with Gasteiger partial charge < -0.3 is 0 Å². The third-order valence-corrected chi connectivity index (χ3v) is 0.255. The summed E-state index contributed by atoms with van der Waals surface area (Å²) in [7, 11) is 0. The van der Waals surface area contributed by atoms with Crippen molar-refractivity contribution in [2.45, 2.75) is 0 Å². The minimum atomic E-state index is -0.559. The molecule has 0 aliphatic carbocycles. The zero-order chi connectivity index (χ0) is 7.11. The summed E-state index contributed by atoms with van der Waals surface area (Å²) in [5, 5.41) is 17.6. The average molecular weight is 131 g/mol. The Balaban J connectivity index is 3.50. The Hall–Kier alpha value is -1.62. The molecule has 0 atom stereocenters. The van der Waals surface area contributed by atoms with Gasteiger partial charge in [0.05, 0.1) is 0 Å². The third-order valence-electron chi connectivity index (χ3n) is 0.255. The standard InChI is InChI=1S/CH2FN7/c2-9(4)8-7-6-5-1-3/h4H2. The molecule has 0 saturated carbocycles. The molecule has 0 aromatic heterocycles. The molecule has 0 spiro atoms. The molecule has 0 aliphatic rings. The van der Waals surface area contributed by atoms with Crippen molar-refractivity contribution in [3.05, 3.63) is 0 Å². The van der Waals surface area contributed by atoms with E-state index in [0.717, 1.165) is 0 Å². The van der Waals surface area contributed by atoms with E-state index in [-0.39, 0.29) is 0 Å². The monoisotopic (exact) mass is 131 g/mol. The van der Waals surface area contributed by atoms with Gasteiger partial charge in [0, 0.05) is 0 Å². The lowest BCUT2D eigenvalue weighted by molar-refractivity contribution is 0.0161. The second-order valence-electron chi connectivity index (χ2n) is 0.757. The van der Waals surface area contributed by atoms with E-state index < -0.39 is 5.34 Å². The number of nitriles is 1. The first-order valence-corrected chi connectivity index (χ1v) is 1.67. The van der Waals surface area contributed by atoms with Crippen LogP contribution in [0.3, 0.4) is 0 Å². The van der Waals surface area contributed by atoms with Gasteiger partial charge in [-0.05, 0) is 26.1 Å². The fourth-order valence-corrected chi connectivity index (χ4v) is 0.0961. The second kappa shape index (κ2) is 4.54. The van der Waals surface area contributed by atoms with E-state index in [1.807, 2.05) is 0 Å². The largest absolute Gasteiger partial charge is 0.227 e. The van der Waals surface area contributed by atoms with E-state index in [9.17, 15) is 4.48 Å². The van der Waals surface area contributed by atoms with E-state index in [0.29, 0.717) is 0 Å². The number of halogens is 1. The zero-order valence-corrected chi connectivity index (χ0v) is 4.14. The van der Waals surface area contributed by atoms with Crippen LogP contribution in [0.4, 0.5) is 4.48 Å². The molecule has 0 aliphatic heterocycles. The van der Waals surface area contributed by atoms with Crippen LogP contribution in [0.2, 0.25) is 0 Å². The quantitative estimate of drug-likeness (QED) is 0.191. The minimum Gasteiger partial charge on any atom is -0.199 e. The lowest BCUT2D eigenvalue weighted by Gasteiger charge is -1.87. The number of rotatable bonds is 2. The fourth-order valence-electron chi connectivity index (χ4n) is 0.0961. The van der Waals surface area contributed by atoms with Gasteiger partial charge in [-0.1, -0.05) is 4.48 Å². The van der Waals surface area contributed by atoms with E-state index in [1.165, 1.54) is 6.19 Å². The van der Waals surface area contributed by atoms with Crippen molar-refractivity contribution in [3.63, 3.8) is 0 Å². The van der Waals surface area contributed by atoms with Crippen LogP contribution >= 0.6 is 0 Å². The Morgan fingerprint density at radius 1 is 1.56 bits per heavy atom. The summed E-state index contributed by atoms with van der Waals surface area (Å²) in [5.41, 5.74) is 0. The minimum absolute atomic E-state index is 0.559. The first kappa shape index (κ1) is 7.38. The van der Waals surface area contributed by atoms with Crippen molar-refractivity contribution in [2.24, 2.45) is 26.6 Å². The van der Waals surface area contributed by atoms with Gasteiger partial charge in [0.2, 0.25) is 6.19 Å². The summed E-state index contributed by atoms with van der Waals surface area (Å²) in [6.07, 6.45) is 1.26. The highest BCUT2D eigenvalue weighted by molar-refractivity contribution is 4.56. The Morgan fingerprint density at radius 2 is 2.22 bits per heavy atom. The first-order valence-electron chi connectivity index (χ1n) is 1.67. The highest BCUT2D eigenvalue weighted by atomic mass is 19.2. The van der Waals surface area contributed by atoms with Crippen molar-refractivity contribution in [2.75, 3.05) is 0 Å². The average Bonchev–Trinajstić information content (AvgIpc) is 1.80. The van der Waals surface area contributed by atoms with Crippen molar-refractivity contribution in [1.29, 1.82) is 5.26 Å². The molecule has 0 radical (unpaired) electrons. The Morgan fingerprint density at radius 3 is 2.67 bits per heavy atom. The van der Waals surface area contributed by atoms with E-state index in [1.54, 1.807) is 0 Å². The summed E-state index contributed by atoms with van der Waals surface area (Å²) < 4.78 is 11.3. The molecule has 48 valence electrons. The van der Waals surface area contributed by atoms with E-state index in [2.05, 4.69) is 26.6 Å². The van der Waals surface area contributed by atoms with Gasteiger partial charge in [-0.25, -0.2) is 0 Å². The predicted octanol–water partition coefficient (Wildman–Crippen LogP) is 0.262. The molecule has 8 heteroatoms. The molecule has 9 heavy (non-hydrogen) atoms. The summed E-state index contributed by atoms with van der Waals surface area (Å²) in [6.45, 7) is 0. The second-order valence-corrected chi connectivity index (χ2v) is 0.757. The van der Waals surface area contributed by atoms with Crippen LogP contribution in [-0.4, -0.2) is 5.34 Å². The molecular weight excluding hydrogens is 129 g/mol. The number of hydrogen-bond donors (Lipinski definition) is 1. The first-order chi connectivity index (χ1) is 4.27. The van der Waals surface area contributed by atoms with Gasteiger partial charge in [0.15, 0.2) is 0 Å². The molecular formula is CH2FN7.